The molecule has 6 nitrogen and oxygen atoms in total. The van der Waals surface area contributed by atoms with Crippen molar-refractivity contribution in [3.63, 3.8) is 0 Å². The van der Waals surface area contributed by atoms with Gasteiger partial charge in [0, 0.05) is 48.1 Å². The molecular formula is C26H28FN5O. The van der Waals surface area contributed by atoms with E-state index in [4.69, 9.17) is 5.73 Å². The van der Waals surface area contributed by atoms with Crippen LogP contribution in [0.2, 0.25) is 0 Å². The zero-order valence-corrected chi connectivity index (χ0v) is 18.9. The first-order valence-electron chi connectivity index (χ1n) is 11.3. The second kappa shape index (κ2) is 8.48. The number of nitrogens with zero attached hydrogens (tertiary/aromatic N) is 3. The molecular weight excluding hydrogens is 417 g/mol. The van der Waals surface area contributed by atoms with Gasteiger partial charge in [0.25, 0.3) is 5.91 Å². The predicted molar refractivity (Wildman–Crippen MR) is 130 cm³/mol. The van der Waals surface area contributed by atoms with Gasteiger partial charge in [-0.05, 0) is 67.9 Å². The Morgan fingerprint density at radius 1 is 1.06 bits per heavy atom. The van der Waals surface area contributed by atoms with Gasteiger partial charge in [0.15, 0.2) is 0 Å². The number of halogens is 1. The van der Waals surface area contributed by atoms with Crippen LogP contribution >= 0.6 is 0 Å². The molecule has 0 spiro atoms. The van der Waals surface area contributed by atoms with Crippen LogP contribution in [0.5, 0.6) is 0 Å². The molecule has 3 N–H and O–H groups in total. The summed E-state index contributed by atoms with van der Waals surface area (Å²) >= 11 is 0. The molecule has 1 atom stereocenters. The van der Waals surface area contributed by atoms with Crippen molar-refractivity contribution in [3.05, 3.63) is 65.6 Å². The van der Waals surface area contributed by atoms with Crippen molar-refractivity contribution in [2.45, 2.75) is 18.9 Å². The third-order valence-electron chi connectivity index (χ3n) is 6.78. The van der Waals surface area contributed by atoms with Crippen molar-refractivity contribution >= 4 is 17.4 Å². The van der Waals surface area contributed by atoms with E-state index < -0.39 is 5.95 Å². The molecule has 33 heavy (non-hydrogen) atoms. The molecule has 3 aromatic rings. The third-order valence-corrected chi connectivity index (χ3v) is 6.78. The first kappa shape index (κ1) is 21.4. The van der Waals surface area contributed by atoms with E-state index in [0.717, 1.165) is 48.3 Å². The van der Waals surface area contributed by atoms with Gasteiger partial charge in [0.2, 0.25) is 5.95 Å². The lowest BCUT2D eigenvalue weighted by Gasteiger charge is -2.22. The number of pyridine rings is 1. The standard InChI is InChI=1S/C26H28FN5O/c1-31(2)20-10-12-32(15-20)19-6-3-16(4-7-19)22-14-23(25(28)30-24(22)27)17-5-8-21-18(13-17)9-11-29-26(21)33/h3-8,13-14,20H,9-12,15H2,1-2H3,(H2,28,30)(H,29,33). The number of amides is 1. The Hall–Kier alpha value is -3.45. The number of nitrogen functional groups attached to an aromatic ring is 1. The van der Waals surface area contributed by atoms with Crippen LogP contribution in [0.3, 0.4) is 0 Å². The van der Waals surface area contributed by atoms with Crippen LogP contribution in [-0.4, -0.2) is 55.6 Å². The maximum absolute atomic E-state index is 14.8. The average molecular weight is 446 g/mol. The molecule has 1 saturated heterocycles. The Morgan fingerprint density at radius 3 is 2.55 bits per heavy atom. The number of anilines is 2. The van der Waals surface area contributed by atoms with Crippen molar-refractivity contribution in [3.8, 4) is 22.3 Å². The Kier molecular flexibility index (Phi) is 5.50. The molecule has 0 bridgehead atoms. The largest absolute Gasteiger partial charge is 0.383 e. The number of likely N-dealkylation sites (N-methyl/N-ethyl adjacent to an activating group) is 1. The molecule has 0 aliphatic carbocycles. The first-order valence-corrected chi connectivity index (χ1v) is 11.3. The maximum atomic E-state index is 14.8. The summed E-state index contributed by atoms with van der Waals surface area (Å²) in [5, 5.41) is 2.85. The SMILES string of the molecule is CN(C)C1CCN(c2ccc(-c3cc(-c4ccc5c(c4)CCNC5=O)c(N)nc3F)cc2)C1. The summed E-state index contributed by atoms with van der Waals surface area (Å²) in [6.45, 7) is 2.61. The van der Waals surface area contributed by atoms with Gasteiger partial charge in [-0.25, -0.2) is 4.98 Å². The lowest BCUT2D eigenvalue weighted by atomic mass is 9.94. The Balaban J connectivity index is 1.45. The maximum Gasteiger partial charge on any atom is 0.251 e. The highest BCUT2D eigenvalue weighted by atomic mass is 19.1. The first-order chi connectivity index (χ1) is 15.9. The number of nitrogens with one attached hydrogen (secondary N) is 1. The highest BCUT2D eigenvalue weighted by molar-refractivity contribution is 5.97. The zero-order chi connectivity index (χ0) is 23.1. The fraction of sp³-hybridized carbons (Fsp3) is 0.308. The van der Waals surface area contributed by atoms with Crippen LogP contribution in [0.25, 0.3) is 22.3 Å². The summed E-state index contributed by atoms with van der Waals surface area (Å²) in [5.74, 6) is -0.515. The Bertz CT molecular complexity index is 1210. The van der Waals surface area contributed by atoms with E-state index >= 15 is 0 Å². The predicted octanol–water partition coefficient (Wildman–Crippen LogP) is 3.56. The Labute approximate surface area is 193 Å². The minimum Gasteiger partial charge on any atom is -0.383 e. The third kappa shape index (κ3) is 4.04. The number of aromatic nitrogens is 1. The molecule has 0 saturated carbocycles. The van der Waals surface area contributed by atoms with Gasteiger partial charge in [0.1, 0.15) is 5.82 Å². The van der Waals surface area contributed by atoms with Crippen LogP contribution in [0.1, 0.15) is 22.3 Å². The van der Waals surface area contributed by atoms with Crippen molar-refractivity contribution in [1.82, 2.24) is 15.2 Å². The van der Waals surface area contributed by atoms with Crippen molar-refractivity contribution in [1.29, 1.82) is 0 Å². The normalized spacial score (nSPS) is 17.9. The highest BCUT2D eigenvalue weighted by Crippen LogP contribution is 2.34. The van der Waals surface area contributed by atoms with Crippen LogP contribution in [-0.2, 0) is 6.42 Å². The monoisotopic (exact) mass is 445 g/mol. The quantitative estimate of drug-likeness (QED) is 0.601. The van der Waals surface area contributed by atoms with Gasteiger partial charge in [-0.1, -0.05) is 24.3 Å². The summed E-state index contributed by atoms with van der Waals surface area (Å²) in [6, 6.07) is 15.9. The van der Waals surface area contributed by atoms with E-state index in [1.54, 1.807) is 12.1 Å². The van der Waals surface area contributed by atoms with Crippen LogP contribution in [0.15, 0.2) is 48.5 Å². The second-order valence-corrected chi connectivity index (χ2v) is 9.04. The van der Waals surface area contributed by atoms with Crippen molar-refractivity contribution < 1.29 is 9.18 Å². The molecule has 2 aliphatic rings. The lowest BCUT2D eigenvalue weighted by molar-refractivity contribution is 0.0946. The van der Waals surface area contributed by atoms with E-state index in [9.17, 15) is 9.18 Å². The van der Waals surface area contributed by atoms with Crippen molar-refractivity contribution in [2.75, 3.05) is 44.4 Å². The molecule has 3 heterocycles. The molecule has 1 unspecified atom stereocenters. The van der Waals surface area contributed by atoms with Crippen LogP contribution < -0.4 is 16.0 Å². The number of rotatable bonds is 4. The summed E-state index contributed by atoms with van der Waals surface area (Å²) in [6.07, 6.45) is 1.89. The average Bonchev–Trinajstić information content (AvgIpc) is 3.30. The molecule has 7 heteroatoms. The van der Waals surface area contributed by atoms with E-state index in [-0.39, 0.29) is 11.7 Å². The van der Waals surface area contributed by atoms with Gasteiger partial charge in [0.05, 0.1) is 0 Å². The lowest BCUT2D eigenvalue weighted by Crippen LogP contribution is -2.31. The molecule has 170 valence electrons. The van der Waals surface area contributed by atoms with Gasteiger partial charge in [-0.15, -0.1) is 0 Å². The van der Waals surface area contributed by atoms with E-state index in [1.807, 2.05) is 36.4 Å². The van der Waals surface area contributed by atoms with Crippen LogP contribution in [0, 0.1) is 5.95 Å². The number of carbonyl (C=O) groups is 1. The van der Waals surface area contributed by atoms with Gasteiger partial charge >= 0.3 is 0 Å². The fourth-order valence-corrected chi connectivity index (χ4v) is 4.78. The number of hydrogen-bond acceptors (Lipinski definition) is 5. The summed E-state index contributed by atoms with van der Waals surface area (Å²) < 4.78 is 14.8. The number of fused-ring (bicyclic) bond motifs is 1. The summed E-state index contributed by atoms with van der Waals surface area (Å²) in [4.78, 5) is 20.7. The second-order valence-electron chi connectivity index (χ2n) is 9.04. The minimum atomic E-state index is -0.588. The smallest absolute Gasteiger partial charge is 0.251 e. The number of hydrogen-bond donors (Lipinski definition) is 2. The van der Waals surface area contributed by atoms with Crippen LogP contribution in [0.4, 0.5) is 15.9 Å². The summed E-state index contributed by atoms with van der Waals surface area (Å²) in [7, 11) is 4.23. The minimum absolute atomic E-state index is 0.0660. The Morgan fingerprint density at radius 2 is 1.82 bits per heavy atom. The zero-order valence-electron chi connectivity index (χ0n) is 18.9. The molecule has 1 aromatic heterocycles. The van der Waals surface area contributed by atoms with E-state index in [2.05, 4.69) is 34.2 Å². The molecule has 5 rings (SSSR count). The van der Waals surface area contributed by atoms with E-state index in [1.165, 1.54) is 0 Å². The van der Waals surface area contributed by atoms with Gasteiger partial charge < -0.3 is 20.9 Å². The molecule has 2 aliphatic heterocycles. The number of nitrogens with two attached hydrogens (primary N) is 1. The summed E-state index contributed by atoms with van der Waals surface area (Å²) in [5.41, 5.74) is 11.5. The van der Waals surface area contributed by atoms with E-state index in [0.29, 0.717) is 29.3 Å². The molecule has 0 radical (unpaired) electrons. The number of carbonyl (C=O) groups excluding carboxylic acids is 1. The number of benzene rings is 2. The molecule has 1 amide bonds. The highest BCUT2D eigenvalue weighted by Gasteiger charge is 2.24. The molecule has 2 aromatic carbocycles. The van der Waals surface area contributed by atoms with Crippen molar-refractivity contribution in [2.24, 2.45) is 0 Å². The topological polar surface area (TPSA) is 74.5 Å². The fourth-order valence-electron chi connectivity index (χ4n) is 4.78. The van der Waals surface area contributed by atoms with Gasteiger partial charge in [-0.2, -0.15) is 4.39 Å². The molecule has 1 fully saturated rings. The van der Waals surface area contributed by atoms with Gasteiger partial charge in [-0.3, -0.25) is 4.79 Å².